The molecule has 0 aromatic heterocycles. The number of amides is 2. The van der Waals surface area contributed by atoms with E-state index in [0.29, 0.717) is 17.1 Å². The second-order valence-corrected chi connectivity index (χ2v) is 12.3. The number of carbonyl (C=O) groups excluding carboxylic acids is 2. The maximum Gasteiger partial charge on any atom is 0.243 e. The zero-order chi connectivity index (χ0) is 29.3. The van der Waals surface area contributed by atoms with Gasteiger partial charge in [-0.15, -0.1) is 0 Å². The predicted molar refractivity (Wildman–Crippen MR) is 157 cm³/mol. The molecular weight excluding hydrogens is 553 g/mol. The van der Waals surface area contributed by atoms with Crippen molar-refractivity contribution in [1.29, 1.82) is 0 Å². The molecule has 214 valence electrons. The molecule has 1 N–H and O–H groups in total. The number of nitrogens with one attached hydrogen (secondary N) is 1. The third-order valence-corrected chi connectivity index (χ3v) is 7.68. The number of hydrogen-bond acceptors (Lipinski definition) is 4. The van der Waals surface area contributed by atoms with Crippen LogP contribution in [0.25, 0.3) is 0 Å². The Balaban J connectivity index is 1.87. The highest BCUT2D eigenvalue weighted by Gasteiger charge is 2.31. The van der Waals surface area contributed by atoms with E-state index < -0.39 is 21.9 Å². The maximum absolute atomic E-state index is 13.8. The van der Waals surface area contributed by atoms with Gasteiger partial charge in [0.15, 0.2) is 0 Å². The zero-order valence-corrected chi connectivity index (χ0v) is 24.5. The minimum absolute atomic E-state index is 0.00104. The molecule has 3 aromatic rings. The molecular formula is C30H35ClFN3O4S. The average molecular weight is 588 g/mol. The van der Waals surface area contributed by atoms with Crippen molar-refractivity contribution in [3.63, 3.8) is 0 Å². The lowest BCUT2D eigenvalue weighted by molar-refractivity contribution is -0.141. The first kappa shape index (κ1) is 31.1. The van der Waals surface area contributed by atoms with Gasteiger partial charge in [0.2, 0.25) is 21.8 Å². The van der Waals surface area contributed by atoms with E-state index in [-0.39, 0.29) is 43.8 Å². The van der Waals surface area contributed by atoms with Crippen LogP contribution in [0.1, 0.15) is 37.8 Å². The van der Waals surface area contributed by atoms with Crippen molar-refractivity contribution in [1.82, 2.24) is 10.2 Å². The zero-order valence-electron chi connectivity index (χ0n) is 22.9. The second-order valence-electron chi connectivity index (χ2n) is 9.93. The SMILES string of the molecule is CC(C)NC(=O)[C@@H](Cc1ccccc1)N(Cc1ccc(Cl)cc1)C(=O)CCCN(c1ccc(F)cc1)S(C)(=O)=O. The number of anilines is 1. The highest BCUT2D eigenvalue weighted by Crippen LogP contribution is 2.21. The van der Waals surface area contributed by atoms with Gasteiger partial charge in [0.25, 0.3) is 0 Å². The van der Waals surface area contributed by atoms with Gasteiger partial charge in [-0.2, -0.15) is 0 Å². The van der Waals surface area contributed by atoms with Crippen LogP contribution in [-0.4, -0.2) is 50.0 Å². The lowest BCUT2D eigenvalue weighted by Crippen LogP contribution is -2.51. The van der Waals surface area contributed by atoms with Crippen LogP contribution in [0.4, 0.5) is 10.1 Å². The van der Waals surface area contributed by atoms with Gasteiger partial charge in [0, 0.05) is 37.0 Å². The summed E-state index contributed by atoms with van der Waals surface area (Å²) >= 11 is 6.06. The smallest absolute Gasteiger partial charge is 0.243 e. The number of halogens is 2. The molecule has 0 aliphatic carbocycles. The molecule has 0 saturated carbocycles. The van der Waals surface area contributed by atoms with Gasteiger partial charge in [-0.1, -0.05) is 54.1 Å². The summed E-state index contributed by atoms with van der Waals surface area (Å²) < 4.78 is 39.5. The van der Waals surface area contributed by atoms with E-state index >= 15 is 0 Å². The van der Waals surface area contributed by atoms with E-state index in [1.165, 1.54) is 24.3 Å². The normalized spacial score (nSPS) is 12.2. The van der Waals surface area contributed by atoms with E-state index in [9.17, 15) is 22.4 Å². The lowest BCUT2D eigenvalue weighted by atomic mass is 10.0. The minimum Gasteiger partial charge on any atom is -0.352 e. The molecule has 0 aliphatic heterocycles. The molecule has 1 atom stereocenters. The average Bonchev–Trinajstić information content (AvgIpc) is 2.90. The van der Waals surface area contributed by atoms with Crippen LogP contribution in [-0.2, 0) is 32.6 Å². The van der Waals surface area contributed by atoms with E-state index in [1.54, 1.807) is 17.0 Å². The van der Waals surface area contributed by atoms with Crippen LogP contribution in [0.2, 0.25) is 5.02 Å². The molecule has 7 nitrogen and oxygen atoms in total. The quantitative estimate of drug-likeness (QED) is 0.298. The molecule has 2 amide bonds. The Morgan fingerprint density at radius 2 is 1.55 bits per heavy atom. The summed E-state index contributed by atoms with van der Waals surface area (Å²) in [5.74, 6) is -1.04. The first-order valence-corrected chi connectivity index (χ1v) is 15.3. The Kier molecular flexibility index (Phi) is 11.1. The number of carbonyl (C=O) groups is 2. The molecule has 0 saturated heterocycles. The first-order chi connectivity index (χ1) is 18.9. The van der Waals surface area contributed by atoms with Gasteiger partial charge in [0.1, 0.15) is 11.9 Å². The van der Waals surface area contributed by atoms with Crippen molar-refractivity contribution >= 4 is 39.1 Å². The van der Waals surface area contributed by atoms with E-state index in [1.807, 2.05) is 56.3 Å². The van der Waals surface area contributed by atoms with Gasteiger partial charge in [-0.05, 0) is 67.8 Å². The summed E-state index contributed by atoms with van der Waals surface area (Å²) in [6.07, 6.45) is 1.58. The minimum atomic E-state index is -3.68. The number of rotatable bonds is 13. The standard InChI is InChI=1S/C30H35ClFN3O4S/c1-22(2)33-30(37)28(20-23-8-5-4-6-9-23)34(21-24-11-13-25(31)14-12-24)29(36)10-7-19-35(40(3,38)39)27-17-15-26(32)16-18-27/h4-6,8-9,11-18,22,28H,7,10,19-21H2,1-3H3,(H,33,37)/t28-/m1/s1. The fraction of sp³-hybridized carbons (Fsp3) is 0.333. The molecule has 0 aliphatic rings. The summed E-state index contributed by atoms with van der Waals surface area (Å²) in [7, 11) is -3.68. The van der Waals surface area contributed by atoms with Crippen molar-refractivity contribution in [2.45, 2.75) is 51.7 Å². The molecule has 0 unspecified atom stereocenters. The summed E-state index contributed by atoms with van der Waals surface area (Å²) in [4.78, 5) is 28.7. The van der Waals surface area contributed by atoms with Crippen molar-refractivity contribution in [2.24, 2.45) is 0 Å². The monoisotopic (exact) mass is 587 g/mol. The summed E-state index contributed by atoms with van der Waals surface area (Å²) in [6.45, 7) is 3.91. The molecule has 10 heteroatoms. The lowest BCUT2D eigenvalue weighted by Gasteiger charge is -2.32. The fourth-order valence-corrected chi connectivity index (χ4v) is 5.42. The molecule has 40 heavy (non-hydrogen) atoms. The van der Waals surface area contributed by atoms with Gasteiger partial charge >= 0.3 is 0 Å². The van der Waals surface area contributed by atoms with Crippen LogP contribution < -0.4 is 9.62 Å². The Labute approximate surface area is 241 Å². The third-order valence-electron chi connectivity index (χ3n) is 6.23. The second kappa shape index (κ2) is 14.3. The van der Waals surface area contributed by atoms with E-state index in [2.05, 4.69) is 5.32 Å². The summed E-state index contributed by atoms with van der Waals surface area (Å²) in [6, 6.07) is 20.8. The van der Waals surface area contributed by atoms with Crippen LogP contribution in [0.3, 0.4) is 0 Å². The Bertz CT molecular complexity index is 1370. The highest BCUT2D eigenvalue weighted by atomic mass is 35.5. The molecule has 0 heterocycles. The number of sulfonamides is 1. The Morgan fingerprint density at radius 1 is 0.925 bits per heavy atom. The third kappa shape index (κ3) is 9.34. The molecule has 0 radical (unpaired) electrons. The van der Waals surface area contributed by atoms with Crippen LogP contribution >= 0.6 is 11.6 Å². The summed E-state index contributed by atoms with van der Waals surface area (Å²) in [5, 5.41) is 3.50. The first-order valence-electron chi connectivity index (χ1n) is 13.1. The maximum atomic E-state index is 13.8. The van der Waals surface area contributed by atoms with E-state index in [0.717, 1.165) is 21.7 Å². The molecule has 0 fully saturated rings. The summed E-state index contributed by atoms with van der Waals surface area (Å²) in [5.41, 5.74) is 2.02. The van der Waals surface area contributed by atoms with Gasteiger partial charge in [-0.3, -0.25) is 13.9 Å². The van der Waals surface area contributed by atoms with Crippen LogP contribution in [0.5, 0.6) is 0 Å². The number of hydrogen-bond donors (Lipinski definition) is 1. The van der Waals surface area contributed by atoms with Crippen LogP contribution in [0, 0.1) is 5.82 Å². The molecule has 0 bridgehead atoms. The van der Waals surface area contributed by atoms with Crippen molar-refractivity contribution in [3.05, 3.63) is 101 Å². The van der Waals surface area contributed by atoms with Crippen LogP contribution in [0.15, 0.2) is 78.9 Å². The topological polar surface area (TPSA) is 86.8 Å². The predicted octanol–water partition coefficient (Wildman–Crippen LogP) is 5.19. The van der Waals surface area contributed by atoms with Gasteiger partial charge < -0.3 is 10.2 Å². The van der Waals surface area contributed by atoms with Gasteiger partial charge in [-0.25, -0.2) is 12.8 Å². The Morgan fingerprint density at radius 3 is 2.12 bits per heavy atom. The Hall–Kier alpha value is -3.43. The van der Waals surface area contributed by atoms with Crippen molar-refractivity contribution in [3.8, 4) is 0 Å². The number of benzene rings is 3. The number of nitrogens with zero attached hydrogens (tertiary/aromatic N) is 2. The highest BCUT2D eigenvalue weighted by molar-refractivity contribution is 7.92. The molecule has 3 aromatic carbocycles. The molecule has 0 spiro atoms. The van der Waals surface area contributed by atoms with Gasteiger partial charge in [0.05, 0.1) is 11.9 Å². The van der Waals surface area contributed by atoms with Crippen molar-refractivity contribution in [2.75, 3.05) is 17.1 Å². The fourth-order valence-electron chi connectivity index (χ4n) is 4.33. The van der Waals surface area contributed by atoms with E-state index in [4.69, 9.17) is 11.6 Å². The largest absolute Gasteiger partial charge is 0.352 e. The molecule has 3 rings (SSSR count). The van der Waals surface area contributed by atoms with Crippen molar-refractivity contribution < 1.29 is 22.4 Å².